The van der Waals surface area contributed by atoms with E-state index in [1.165, 1.54) is 18.4 Å². The molecule has 2 heterocycles. The summed E-state index contributed by atoms with van der Waals surface area (Å²) in [7, 11) is 3.07. The van der Waals surface area contributed by atoms with Crippen LogP contribution in [0.3, 0.4) is 0 Å². The number of carbonyl (C=O) groups excluding carboxylic acids is 1. The van der Waals surface area contributed by atoms with E-state index in [9.17, 15) is 4.79 Å². The summed E-state index contributed by atoms with van der Waals surface area (Å²) in [6.07, 6.45) is 3.41. The maximum absolute atomic E-state index is 12.5. The summed E-state index contributed by atoms with van der Waals surface area (Å²) in [5.41, 5.74) is 2.15. The Kier molecular flexibility index (Phi) is 4.72. The van der Waals surface area contributed by atoms with E-state index in [4.69, 9.17) is 9.47 Å². The second-order valence-electron chi connectivity index (χ2n) is 4.79. The summed E-state index contributed by atoms with van der Waals surface area (Å²) in [5, 5.41) is 5.20. The van der Waals surface area contributed by atoms with Crippen molar-refractivity contribution in [2.45, 2.75) is 0 Å². The van der Waals surface area contributed by atoms with Crippen molar-refractivity contribution < 1.29 is 14.3 Å². The topological polar surface area (TPSA) is 73.3 Å². The lowest BCUT2D eigenvalue weighted by molar-refractivity contribution is 0.102. The maximum atomic E-state index is 12.5. The van der Waals surface area contributed by atoms with Gasteiger partial charge in [0.2, 0.25) is 0 Å². The molecule has 3 aromatic rings. The first-order valence-electron chi connectivity index (χ1n) is 7.10. The fourth-order valence-electron chi connectivity index (χ4n) is 2.14. The van der Waals surface area contributed by atoms with Gasteiger partial charge < -0.3 is 9.47 Å². The van der Waals surface area contributed by atoms with Crippen LogP contribution in [0.5, 0.6) is 11.5 Å². The highest BCUT2D eigenvalue weighted by Gasteiger charge is 2.15. The molecule has 0 unspecified atom stereocenters. The minimum absolute atomic E-state index is 0.287. The number of methoxy groups -OCH3 is 2. The van der Waals surface area contributed by atoms with Gasteiger partial charge in [-0.05, 0) is 24.3 Å². The van der Waals surface area contributed by atoms with Crippen molar-refractivity contribution in [1.82, 2.24) is 9.97 Å². The Balaban J connectivity index is 1.79. The van der Waals surface area contributed by atoms with E-state index in [0.717, 1.165) is 11.3 Å². The second kappa shape index (κ2) is 7.10. The lowest BCUT2D eigenvalue weighted by atomic mass is 10.2. The van der Waals surface area contributed by atoms with E-state index in [-0.39, 0.29) is 5.91 Å². The van der Waals surface area contributed by atoms with Gasteiger partial charge >= 0.3 is 0 Å². The van der Waals surface area contributed by atoms with E-state index in [2.05, 4.69) is 15.3 Å². The predicted molar refractivity (Wildman–Crippen MR) is 92.8 cm³/mol. The standard InChI is InChI=1S/C17H15N3O3S/c1-22-12-3-4-13(15(9-12)23-2)16(21)20-17-19-14(10-24-17)11-5-7-18-8-6-11/h3-10H,1-2H3,(H,19,20,21). The summed E-state index contributed by atoms with van der Waals surface area (Å²) in [4.78, 5) is 20.9. The number of carbonyl (C=O) groups is 1. The molecule has 0 spiro atoms. The van der Waals surface area contributed by atoms with E-state index in [1.54, 1.807) is 37.7 Å². The first-order valence-corrected chi connectivity index (χ1v) is 7.98. The van der Waals surface area contributed by atoms with E-state index in [1.807, 2.05) is 17.5 Å². The first-order chi connectivity index (χ1) is 11.7. The number of hydrogen-bond acceptors (Lipinski definition) is 6. The molecule has 2 aromatic heterocycles. The van der Waals surface area contributed by atoms with Gasteiger partial charge in [0.25, 0.3) is 5.91 Å². The number of ether oxygens (including phenoxy) is 2. The van der Waals surface area contributed by atoms with Gasteiger partial charge in [0.1, 0.15) is 11.5 Å². The number of amides is 1. The molecular weight excluding hydrogens is 326 g/mol. The SMILES string of the molecule is COc1ccc(C(=O)Nc2nc(-c3ccncc3)cs2)c(OC)c1. The summed E-state index contributed by atoms with van der Waals surface area (Å²) in [6, 6.07) is 8.77. The lowest BCUT2D eigenvalue weighted by Gasteiger charge is -2.09. The van der Waals surface area contributed by atoms with Crippen LogP contribution in [-0.4, -0.2) is 30.1 Å². The molecule has 122 valence electrons. The molecule has 0 radical (unpaired) electrons. The predicted octanol–water partition coefficient (Wildman–Crippen LogP) is 3.47. The Labute approximate surface area is 143 Å². The zero-order chi connectivity index (χ0) is 16.9. The number of anilines is 1. The average Bonchev–Trinajstić information content (AvgIpc) is 3.10. The number of nitrogens with one attached hydrogen (secondary N) is 1. The van der Waals surface area contributed by atoms with Gasteiger partial charge in [0.05, 0.1) is 25.5 Å². The minimum atomic E-state index is -0.287. The van der Waals surface area contributed by atoms with Crippen LogP contribution in [0.4, 0.5) is 5.13 Å². The number of rotatable bonds is 5. The molecule has 0 bridgehead atoms. The molecule has 24 heavy (non-hydrogen) atoms. The van der Waals surface area contributed by atoms with Crippen LogP contribution in [-0.2, 0) is 0 Å². The van der Waals surface area contributed by atoms with Gasteiger partial charge in [-0.3, -0.25) is 15.1 Å². The van der Waals surface area contributed by atoms with Crippen LogP contribution in [0.2, 0.25) is 0 Å². The Morgan fingerprint density at radius 2 is 1.92 bits per heavy atom. The van der Waals surface area contributed by atoms with Gasteiger partial charge in [-0.1, -0.05) is 0 Å². The quantitative estimate of drug-likeness (QED) is 0.769. The third-order valence-corrected chi connectivity index (χ3v) is 4.11. The van der Waals surface area contributed by atoms with Crippen molar-refractivity contribution in [3.8, 4) is 22.8 Å². The summed E-state index contributed by atoms with van der Waals surface area (Å²) >= 11 is 1.36. The third-order valence-electron chi connectivity index (χ3n) is 3.35. The molecule has 1 N–H and O–H groups in total. The molecular formula is C17H15N3O3S. The van der Waals surface area contributed by atoms with Crippen molar-refractivity contribution in [2.75, 3.05) is 19.5 Å². The molecule has 7 heteroatoms. The van der Waals surface area contributed by atoms with Gasteiger partial charge in [-0.2, -0.15) is 0 Å². The van der Waals surface area contributed by atoms with Crippen LogP contribution < -0.4 is 14.8 Å². The lowest BCUT2D eigenvalue weighted by Crippen LogP contribution is -2.13. The average molecular weight is 341 g/mol. The Hall–Kier alpha value is -2.93. The summed E-state index contributed by atoms with van der Waals surface area (Å²) in [5.74, 6) is 0.778. The molecule has 0 aliphatic rings. The van der Waals surface area contributed by atoms with Crippen LogP contribution in [0.25, 0.3) is 11.3 Å². The summed E-state index contributed by atoms with van der Waals surface area (Å²) in [6.45, 7) is 0. The molecule has 0 atom stereocenters. The highest BCUT2D eigenvalue weighted by molar-refractivity contribution is 7.14. The Morgan fingerprint density at radius 3 is 2.62 bits per heavy atom. The maximum Gasteiger partial charge on any atom is 0.261 e. The van der Waals surface area contributed by atoms with Crippen molar-refractivity contribution in [1.29, 1.82) is 0 Å². The molecule has 0 aliphatic carbocycles. The molecule has 0 saturated heterocycles. The fourth-order valence-corrected chi connectivity index (χ4v) is 2.85. The number of hydrogen-bond donors (Lipinski definition) is 1. The van der Waals surface area contributed by atoms with Gasteiger partial charge in [0.15, 0.2) is 5.13 Å². The molecule has 0 aliphatic heterocycles. The normalized spacial score (nSPS) is 10.2. The summed E-state index contributed by atoms with van der Waals surface area (Å²) < 4.78 is 10.4. The largest absolute Gasteiger partial charge is 0.497 e. The zero-order valence-electron chi connectivity index (χ0n) is 13.1. The van der Waals surface area contributed by atoms with Crippen LogP contribution >= 0.6 is 11.3 Å². The van der Waals surface area contributed by atoms with Crippen molar-refractivity contribution in [3.05, 3.63) is 53.7 Å². The number of benzene rings is 1. The molecule has 1 amide bonds. The number of nitrogens with zero attached hydrogens (tertiary/aromatic N) is 2. The van der Waals surface area contributed by atoms with Gasteiger partial charge in [-0.15, -0.1) is 11.3 Å². The van der Waals surface area contributed by atoms with E-state index < -0.39 is 0 Å². The van der Waals surface area contributed by atoms with Gasteiger partial charge in [0, 0.05) is 29.4 Å². The zero-order valence-corrected chi connectivity index (χ0v) is 14.0. The van der Waals surface area contributed by atoms with Crippen molar-refractivity contribution >= 4 is 22.4 Å². The monoisotopic (exact) mass is 341 g/mol. The van der Waals surface area contributed by atoms with Crippen molar-refractivity contribution in [2.24, 2.45) is 0 Å². The number of thiazole rings is 1. The highest BCUT2D eigenvalue weighted by Crippen LogP contribution is 2.27. The number of aromatic nitrogens is 2. The fraction of sp³-hybridized carbons (Fsp3) is 0.118. The van der Waals surface area contributed by atoms with Crippen LogP contribution in [0.15, 0.2) is 48.1 Å². The Morgan fingerprint density at radius 1 is 1.12 bits per heavy atom. The first kappa shape index (κ1) is 15.9. The molecule has 3 rings (SSSR count). The third kappa shape index (κ3) is 3.36. The highest BCUT2D eigenvalue weighted by atomic mass is 32.1. The van der Waals surface area contributed by atoms with Crippen LogP contribution in [0.1, 0.15) is 10.4 Å². The minimum Gasteiger partial charge on any atom is -0.497 e. The second-order valence-corrected chi connectivity index (χ2v) is 5.65. The molecule has 6 nitrogen and oxygen atoms in total. The number of pyridine rings is 1. The van der Waals surface area contributed by atoms with Crippen molar-refractivity contribution in [3.63, 3.8) is 0 Å². The van der Waals surface area contributed by atoms with E-state index in [0.29, 0.717) is 22.2 Å². The molecule has 1 aromatic carbocycles. The Bertz CT molecular complexity index is 849. The molecule has 0 saturated carbocycles. The van der Waals surface area contributed by atoms with Gasteiger partial charge in [-0.25, -0.2) is 4.98 Å². The van der Waals surface area contributed by atoms with Crippen LogP contribution in [0, 0.1) is 0 Å². The smallest absolute Gasteiger partial charge is 0.261 e. The molecule has 0 fully saturated rings. The van der Waals surface area contributed by atoms with E-state index >= 15 is 0 Å².